The van der Waals surface area contributed by atoms with Gasteiger partial charge < -0.3 is 14.8 Å². The van der Waals surface area contributed by atoms with Gasteiger partial charge >= 0.3 is 5.97 Å². The number of hydrogen-bond acceptors (Lipinski definition) is 8. The van der Waals surface area contributed by atoms with E-state index in [1.165, 1.54) is 18.3 Å². The van der Waals surface area contributed by atoms with Gasteiger partial charge in [0.15, 0.2) is 5.76 Å². The van der Waals surface area contributed by atoms with Gasteiger partial charge in [-0.15, -0.1) is 0 Å². The number of fused-ring (bicyclic) bond motifs is 1. The van der Waals surface area contributed by atoms with Crippen molar-refractivity contribution < 1.29 is 35.9 Å². The number of furan rings is 1. The Hall–Kier alpha value is -4.27. The van der Waals surface area contributed by atoms with Crippen molar-refractivity contribution in [1.29, 1.82) is 0 Å². The molecule has 0 fully saturated rings. The van der Waals surface area contributed by atoms with Crippen LogP contribution < -0.4 is 14.8 Å². The van der Waals surface area contributed by atoms with Gasteiger partial charge in [-0.25, -0.2) is 16.8 Å². The van der Waals surface area contributed by atoms with E-state index >= 15 is 0 Å². The van der Waals surface area contributed by atoms with E-state index < -0.39 is 43.9 Å². The number of benzene rings is 2. The number of carbonyl (C=O) groups is 2. The highest BCUT2D eigenvalue weighted by atomic mass is 32.2. The number of carboxylic acid groups (broad SMARTS) is 1. The lowest BCUT2D eigenvalue weighted by molar-refractivity contribution is -0.140. The predicted octanol–water partition coefficient (Wildman–Crippen LogP) is 3.81. The van der Waals surface area contributed by atoms with E-state index in [2.05, 4.69) is 19.7 Å². The molecule has 1 unspecified atom stereocenters. The van der Waals surface area contributed by atoms with E-state index in [0.717, 1.165) is 6.26 Å². The minimum Gasteiger partial charge on any atom is -0.480 e. The fourth-order valence-electron chi connectivity index (χ4n) is 4.14. The van der Waals surface area contributed by atoms with Gasteiger partial charge in [0.05, 0.1) is 34.4 Å². The molecule has 0 bridgehead atoms. The van der Waals surface area contributed by atoms with Crippen LogP contribution in [0.3, 0.4) is 0 Å². The molecule has 1 atom stereocenters. The van der Waals surface area contributed by atoms with Crippen molar-refractivity contribution in [2.24, 2.45) is 5.92 Å². The monoisotopic (exact) mass is 600 g/mol. The van der Waals surface area contributed by atoms with Gasteiger partial charge in [-0.2, -0.15) is 4.72 Å². The van der Waals surface area contributed by atoms with E-state index in [4.69, 9.17) is 4.42 Å². The fourth-order valence-corrected chi connectivity index (χ4v) is 6.05. The van der Waals surface area contributed by atoms with E-state index in [-0.39, 0.29) is 10.7 Å². The normalized spacial score (nSPS) is 12.8. The van der Waals surface area contributed by atoms with Crippen LogP contribution in [0.25, 0.3) is 22.2 Å². The van der Waals surface area contributed by atoms with Gasteiger partial charge in [0.1, 0.15) is 11.6 Å². The lowest BCUT2D eigenvalue weighted by atomic mass is 10.1. The number of rotatable bonds is 10. The number of nitrogens with zero attached hydrogens (tertiary/aromatic N) is 1. The molecule has 4 rings (SSSR count). The fraction of sp³-hybridized carbons (Fsp3) is 0.222. The topological polar surface area (TPSA) is 185 Å². The number of nitrogens with one attached hydrogen (secondary N) is 3. The number of aromatic nitrogens is 1. The van der Waals surface area contributed by atoms with Crippen LogP contribution in [0.4, 0.5) is 11.4 Å². The van der Waals surface area contributed by atoms with Gasteiger partial charge in [-0.05, 0) is 49.2 Å². The van der Waals surface area contributed by atoms with Crippen molar-refractivity contribution in [2.75, 3.05) is 16.3 Å². The minimum atomic E-state index is -4.06. The summed E-state index contributed by atoms with van der Waals surface area (Å²) in [5.41, 5.74) is 2.57. The number of carbonyl (C=O) groups excluding carboxylic acids is 1. The number of anilines is 2. The van der Waals surface area contributed by atoms with Crippen molar-refractivity contribution in [1.82, 2.24) is 9.71 Å². The number of amides is 1. The Morgan fingerprint density at radius 1 is 0.976 bits per heavy atom. The van der Waals surface area contributed by atoms with Gasteiger partial charge in [0, 0.05) is 16.5 Å². The molecular weight excluding hydrogens is 572 g/mol. The highest BCUT2D eigenvalue weighted by Crippen LogP contribution is 2.32. The summed E-state index contributed by atoms with van der Waals surface area (Å²) in [6.45, 7) is 4.87. The lowest BCUT2D eigenvalue weighted by Gasteiger charge is -2.18. The van der Waals surface area contributed by atoms with Crippen LogP contribution in [0, 0.1) is 12.8 Å². The first-order chi connectivity index (χ1) is 19.2. The Labute approximate surface area is 236 Å². The molecule has 2 heterocycles. The number of hydrogen-bond donors (Lipinski definition) is 4. The molecule has 0 aliphatic carbocycles. The predicted molar refractivity (Wildman–Crippen MR) is 154 cm³/mol. The first kappa shape index (κ1) is 29.7. The number of carboxylic acids is 1. The Morgan fingerprint density at radius 3 is 2.22 bits per heavy atom. The van der Waals surface area contributed by atoms with Crippen LogP contribution in [0.5, 0.6) is 0 Å². The number of pyridine rings is 1. The second-order valence-corrected chi connectivity index (χ2v) is 13.2. The molecule has 1 amide bonds. The van der Waals surface area contributed by atoms with Crippen LogP contribution in [0.2, 0.25) is 0 Å². The van der Waals surface area contributed by atoms with E-state index in [0.29, 0.717) is 39.2 Å². The largest absolute Gasteiger partial charge is 0.480 e. The summed E-state index contributed by atoms with van der Waals surface area (Å²) < 4.78 is 59.1. The molecule has 4 N–H and O–H groups in total. The Bertz CT molecular complexity index is 1830. The van der Waals surface area contributed by atoms with Crippen LogP contribution in [0.1, 0.15) is 30.0 Å². The summed E-state index contributed by atoms with van der Waals surface area (Å²) in [5, 5.41) is 12.5. The molecule has 0 saturated heterocycles. The quantitative estimate of drug-likeness (QED) is 0.210. The smallest absolute Gasteiger partial charge is 0.322 e. The average molecular weight is 601 g/mol. The zero-order valence-electron chi connectivity index (χ0n) is 22.5. The number of sulfonamides is 2. The summed E-state index contributed by atoms with van der Waals surface area (Å²) in [6, 6.07) is 12.6. The molecule has 0 radical (unpaired) electrons. The molecule has 14 heteroatoms. The number of aryl methyl sites for hydroxylation is 1. The standard InChI is InChI=1S/C27H28N4O8S2/c1-15(2)24(27(33)34)31-41(37,38)19-11-8-17(9-12-19)20-13-10-18(14-28-20)29-26(32)25-16(3)23-21(30-40(4,35)36)6-5-7-22(23)39-25/h5-15,24,30-31H,1-4H3,(H,29,32)(H,33,34). The van der Waals surface area contributed by atoms with Gasteiger partial charge in [-0.3, -0.25) is 19.3 Å². The molecule has 216 valence electrons. The first-order valence-electron chi connectivity index (χ1n) is 12.3. The summed E-state index contributed by atoms with van der Waals surface area (Å²) in [6.07, 6.45) is 2.46. The van der Waals surface area contributed by atoms with Gasteiger partial charge in [-0.1, -0.05) is 32.0 Å². The van der Waals surface area contributed by atoms with Crippen LogP contribution >= 0.6 is 0 Å². The van der Waals surface area contributed by atoms with Crippen molar-refractivity contribution in [2.45, 2.75) is 31.7 Å². The van der Waals surface area contributed by atoms with Crippen LogP contribution in [-0.2, 0) is 24.8 Å². The zero-order chi connectivity index (χ0) is 30.1. The van der Waals surface area contributed by atoms with Crippen molar-refractivity contribution in [3.63, 3.8) is 0 Å². The van der Waals surface area contributed by atoms with Crippen molar-refractivity contribution in [3.8, 4) is 11.3 Å². The highest BCUT2D eigenvalue weighted by Gasteiger charge is 2.28. The maximum atomic E-state index is 13.0. The molecule has 0 aliphatic heterocycles. The molecule has 2 aromatic carbocycles. The van der Waals surface area contributed by atoms with E-state index in [1.54, 1.807) is 63.2 Å². The minimum absolute atomic E-state index is 0.0137. The molecule has 0 aliphatic rings. The van der Waals surface area contributed by atoms with E-state index in [9.17, 15) is 31.5 Å². The zero-order valence-corrected chi connectivity index (χ0v) is 24.1. The van der Waals surface area contributed by atoms with Crippen LogP contribution in [0.15, 0.2) is 70.1 Å². The Morgan fingerprint density at radius 2 is 1.66 bits per heavy atom. The third-order valence-electron chi connectivity index (χ3n) is 6.15. The van der Waals surface area contributed by atoms with Crippen LogP contribution in [-0.4, -0.2) is 51.1 Å². The Kier molecular flexibility index (Phi) is 8.19. The second-order valence-electron chi connectivity index (χ2n) is 9.70. The Balaban J connectivity index is 1.50. The third-order valence-corrected chi connectivity index (χ3v) is 8.20. The maximum Gasteiger partial charge on any atom is 0.322 e. The molecule has 2 aromatic heterocycles. The van der Waals surface area contributed by atoms with Gasteiger partial charge in [0.2, 0.25) is 20.0 Å². The third kappa shape index (κ3) is 6.73. The summed E-state index contributed by atoms with van der Waals surface area (Å²) in [5.74, 6) is -2.25. The maximum absolute atomic E-state index is 13.0. The first-order valence-corrected chi connectivity index (χ1v) is 15.7. The average Bonchev–Trinajstić information content (AvgIpc) is 3.24. The second kappa shape index (κ2) is 11.3. The summed E-state index contributed by atoms with van der Waals surface area (Å²) >= 11 is 0. The molecule has 12 nitrogen and oxygen atoms in total. The van der Waals surface area contributed by atoms with Crippen molar-refractivity contribution in [3.05, 3.63) is 72.1 Å². The lowest BCUT2D eigenvalue weighted by Crippen LogP contribution is -2.44. The summed E-state index contributed by atoms with van der Waals surface area (Å²) in [7, 11) is -7.61. The molecule has 0 spiro atoms. The molecule has 0 saturated carbocycles. The van der Waals surface area contributed by atoms with Crippen molar-refractivity contribution >= 4 is 54.3 Å². The van der Waals surface area contributed by atoms with E-state index in [1.807, 2.05) is 0 Å². The number of aliphatic carboxylic acids is 1. The highest BCUT2D eigenvalue weighted by molar-refractivity contribution is 7.92. The molecule has 4 aromatic rings. The van der Waals surface area contributed by atoms with Gasteiger partial charge in [0.25, 0.3) is 5.91 Å². The molecular formula is C27H28N4O8S2. The molecule has 41 heavy (non-hydrogen) atoms. The summed E-state index contributed by atoms with van der Waals surface area (Å²) in [4.78, 5) is 28.6. The SMILES string of the molecule is Cc1c(C(=O)Nc2ccc(-c3ccc(S(=O)(=O)NC(C(=O)O)C(C)C)cc3)nc2)oc2cccc(NS(C)(=O)=O)c12.